The summed E-state index contributed by atoms with van der Waals surface area (Å²) in [4.78, 5) is 0. The van der Waals surface area contributed by atoms with Crippen molar-refractivity contribution in [2.45, 2.75) is 50.9 Å². The highest BCUT2D eigenvalue weighted by Gasteiger charge is 2.36. The van der Waals surface area contributed by atoms with Gasteiger partial charge >= 0.3 is 0 Å². The fraction of sp³-hybridized carbons (Fsp3) is 0.385. The van der Waals surface area contributed by atoms with Gasteiger partial charge in [-0.05, 0) is 41.4 Å². The van der Waals surface area contributed by atoms with Gasteiger partial charge in [-0.15, -0.1) is 0 Å². The molecule has 0 heterocycles. The molecule has 1 N–H and O–H groups in total. The Morgan fingerprint density at radius 3 is 2.13 bits per heavy atom. The first kappa shape index (κ1) is 24.1. The van der Waals surface area contributed by atoms with Crippen LogP contribution in [0.25, 0.3) is 0 Å². The van der Waals surface area contributed by atoms with Crippen LogP contribution in [0.4, 0.5) is 0 Å². The normalized spacial score (nSPS) is 14.9. The van der Waals surface area contributed by atoms with Gasteiger partial charge in [-0.1, -0.05) is 87.5 Å². The molecule has 0 saturated heterocycles. The topological polar surface area (TPSA) is 38.7 Å². The fourth-order valence-corrected chi connectivity index (χ4v) is 3.82. The number of aliphatic hydroxyl groups is 1. The van der Waals surface area contributed by atoms with Crippen molar-refractivity contribution < 1.29 is 14.3 Å². The zero-order valence-electron chi connectivity index (χ0n) is 19.1. The fourth-order valence-electron chi connectivity index (χ4n) is 2.87. The first-order chi connectivity index (χ1) is 14.2. The molecule has 0 radical (unpaired) electrons. The number of aliphatic hydroxyl groups excluding tert-OH is 1. The Bertz CT molecular complexity index is 818. The van der Waals surface area contributed by atoms with Crippen LogP contribution >= 0.6 is 0 Å². The van der Waals surface area contributed by atoms with E-state index < -0.39 is 14.4 Å². The predicted molar refractivity (Wildman–Crippen MR) is 129 cm³/mol. The molecule has 2 aromatic carbocycles. The minimum absolute atomic E-state index is 0.163. The van der Waals surface area contributed by atoms with Gasteiger partial charge in [0.2, 0.25) is 0 Å². The van der Waals surface area contributed by atoms with E-state index >= 15 is 0 Å². The molecule has 0 aromatic heterocycles. The second-order valence-corrected chi connectivity index (χ2v) is 13.8. The summed E-state index contributed by atoms with van der Waals surface area (Å²) in [5.41, 5.74) is 1.93. The van der Waals surface area contributed by atoms with E-state index in [-0.39, 0.29) is 11.0 Å². The Morgan fingerprint density at radius 1 is 0.933 bits per heavy atom. The first-order valence-electron chi connectivity index (χ1n) is 10.5. The van der Waals surface area contributed by atoms with Crippen molar-refractivity contribution in [1.29, 1.82) is 0 Å². The Balaban J connectivity index is 2.12. The Kier molecular flexibility index (Phi) is 8.65. The van der Waals surface area contributed by atoms with E-state index in [2.05, 4.69) is 33.9 Å². The molecule has 0 saturated carbocycles. The molecule has 0 fully saturated rings. The highest BCUT2D eigenvalue weighted by Crippen LogP contribution is 2.36. The number of benzene rings is 2. The monoisotopic (exact) mass is 424 g/mol. The van der Waals surface area contributed by atoms with Crippen LogP contribution in [0.2, 0.25) is 18.1 Å². The summed E-state index contributed by atoms with van der Waals surface area (Å²) >= 11 is 0. The highest BCUT2D eigenvalue weighted by molar-refractivity contribution is 6.74. The van der Waals surface area contributed by atoms with E-state index in [4.69, 9.17) is 9.16 Å². The third-order valence-electron chi connectivity index (χ3n) is 5.89. The molecular formula is C26H36O3Si. The second-order valence-electron chi connectivity index (χ2n) is 9.04. The molecule has 0 aliphatic heterocycles. The Morgan fingerprint density at radius 2 is 1.57 bits per heavy atom. The van der Waals surface area contributed by atoms with Gasteiger partial charge < -0.3 is 14.3 Å². The molecule has 0 unspecified atom stereocenters. The maximum absolute atomic E-state index is 11.0. The molecule has 0 bridgehead atoms. The summed E-state index contributed by atoms with van der Waals surface area (Å²) in [6, 6.07) is 17.6. The lowest BCUT2D eigenvalue weighted by atomic mass is 9.88. The van der Waals surface area contributed by atoms with Gasteiger partial charge in [0.15, 0.2) is 8.32 Å². The predicted octanol–water partition coefficient (Wildman–Crippen LogP) is 6.65. The molecule has 0 amide bonds. The van der Waals surface area contributed by atoms with Crippen molar-refractivity contribution in [3.05, 3.63) is 90.0 Å². The summed E-state index contributed by atoms with van der Waals surface area (Å²) in [7, 11) is -0.0832. The molecule has 2 rings (SSSR count). The van der Waals surface area contributed by atoms with Crippen molar-refractivity contribution in [2.75, 3.05) is 13.7 Å². The largest absolute Gasteiger partial charge is 0.497 e. The lowest BCUT2D eigenvalue weighted by molar-refractivity contribution is 0.161. The molecular weight excluding hydrogens is 388 g/mol. The zero-order valence-corrected chi connectivity index (χ0v) is 20.1. The minimum Gasteiger partial charge on any atom is -0.497 e. The van der Waals surface area contributed by atoms with E-state index in [0.29, 0.717) is 6.61 Å². The average Bonchev–Trinajstić information content (AvgIpc) is 2.73. The molecule has 30 heavy (non-hydrogen) atoms. The van der Waals surface area contributed by atoms with Crippen molar-refractivity contribution >= 4 is 8.32 Å². The van der Waals surface area contributed by atoms with Crippen LogP contribution in [0.5, 0.6) is 5.75 Å². The average molecular weight is 425 g/mol. The van der Waals surface area contributed by atoms with Gasteiger partial charge in [0.05, 0.1) is 19.8 Å². The number of rotatable bonds is 9. The Labute approximate surface area is 183 Å². The first-order valence-corrected chi connectivity index (χ1v) is 13.4. The van der Waals surface area contributed by atoms with Gasteiger partial charge in [-0.2, -0.15) is 0 Å². The zero-order chi connectivity index (χ0) is 22.2. The van der Waals surface area contributed by atoms with Crippen LogP contribution in [-0.4, -0.2) is 27.1 Å². The molecule has 162 valence electrons. The van der Waals surface area contributed by atoms with Crippen LogP contribution in [0, 0.1) is 0 Å². The number of hydrogen-bond donors (Lipinski definition) is 1. The third kappa shape index (κ3) is 6.69. The summed E-state index contributed by atoms with van der Waals surface area (Å²) < 4.78 is 11.5. The second kappa shape index (κ2) is 10.8. The van der Waals surface area contributed by atoms with Crippen LogP contribution in [-0.2, 0) is 4.43 Å². The molecule has 0 aliphatic rings. The van der Waals surface area contributed by atoms with Gasteiger partial charge in [-0.25, -0.2) is 0 Å². The van der Waals surface area contributed by atoms with Gasteiger partial charge in [0.1, 0.15) is 5.75 Å². The smallest absolute Gasteiger partial charge is 0.192 e. The maximum Gasteiger partial charge on any atom is 0.192 e. The van der Waals surface area contributed by atoms with Crippen LogP contribution < -0.4 is 4.74 Å². The molecule has 4 heteroatoms. The minimum atomic E-state index is -1.74. The van der Waals surface area contributed by atoms with Crippen molar-refractivity contribution in [1.82, 2.24) is 0 Å². The number of ether oxygens (including phenoxy) is 1. The van der Waals surface area contributed by atoms with E-state index in [1.54, 1.807) is 7.11 Å². The lowest BCUT2D eigenvalue weighted by Crippen LogP contribution is -2.40. The number of allylic oxidation sites excluding steroid dienone is 2. The lowest BCUT2D eigenvalue weighted by Gasteiger charge is -2.35. The summed E-state index contributed by atoms with van der Waals surface area (Å²) in [6.45, 7) is 11.8. The highest BCUT2D eigenvalue weighted by atomic mass is 28.4. The number of hydrogen-bond acceptors (Lipinski definition) is 3. The van der Waals surface area contributed by atoms with Gasteiger partial charge in [-0.3, -0.25) is 0 Å². The van der Waals surface area contributed by atoms with E-state index in [0.717, 1.165) is 16.9 Å². The summed E-state index contributed by atoms with van der Waals surface area (Å²) in [5, 5.41) is 11.2. The van der Waals surface area contributed by atoms with Gasteiger partial charge in [0.25, 0.3) is 0 Å². The summed E-state index contributed by atoms with van der Waals surface area (Å²) in [5.74, 6) is 0.641. The van der Waals surface area contributed by atoms with E-state index in [1.165, 1.54) is 0 Å². The van der Waals surface area contributed by atoms with Crippen molar-refractivity contribution in [3.8, 4) is 5.75 Å². The maximum atomic E-state index is 11.0. The molecule has 2 aromatic rings. The molecule has 0 spiro atoms. The van der Waals surface area contributed by atoms with Crippen molar-refractivity contribution in [3.63, 3.8) is 0 Å². The SMILES string of the molecule is COc1ccc([C@@H](/C=C\C=C\CO[Si](C)(C)C(C)(C)C)[C@H](O)c2ccccc2)cc1. The van der Waals surface area contributed by atoms with Crippen molar-refractivity contribution in [2.24, 2.45) is 0 Å². The van der Waals surface area contributed by atoms with Crippen LogP contribution in [0.3, 0.4) is 0 Å². The standard InChI is InChI=1S/C26H36O3Si/c1-26(2,3)30(5,6)29-20-12-8-11-15-24(21-16-18-23(28-4)19-17-21)25(27)22-13-9-7-10-14-22/h7-19,24-25,27H,20H2,1-6H3/b12-8+,15-11-/t24-,25-/m1/s1. The molecule has 2 atom stereocenters. The molecule has 0 aliphatic carbocycles. The van der Waals surface area contributed by atoms with Crippen LogP contribution in [0.1, 0.15) is 43.9 Å². The van der Waals surface area contributed by atoms with Gasteiger partial charge in [0, 0.05) is 5.92 Å². The van der Waals surface area contributed by atoms with Crippen LogP contribution in [0.15, 0.2) is 78.9 Å². The van der Waals surface area contributed by atoms with E-state index in [9.17, 15) is 5.11 Å². The Hall–Kier alpha value is -2.14. The third-order valence-corrected chi connectivity index (χ3v) is 10.4. The summed E-state index contributed by atoms with van der Waals surface area (Å²) in [6.07, 6.45) is 7.45. The molecule has 3 nitrogen and oxygen atoms in total. The number of methoxy groups -OCH3 is 1. The van der Waals surface area contributed by atoms with E-state index in [1.807, 2.05) is 78.9 Å². The quantitative estimate of drug-likeness (QED) is 0.362.